The lowest BCUT2D eigenvalue weighted by atomic mass is 10.3. The third kappa shape index (κ3) is 9.17. The maximum Gasteiger partial charge on any atom is 0.270 e. The molecule has 84 valence electrons. The van der Waals surface area contributed by atoms with Crippen molar-refractivity contribution in [2.45, 2.75) is 18.6 Å². The van der Waals surface area contributed by atoms with Crippen LogP contribution in [-0.4, -0.2) is 35.8 Å². The van der Waals surface area contributed by atoms with Gasteiger partial charge in [0.25, 0.3) is 10.1 Å². The number of nitrogens with two attached hydrogens (primary N) is 1. The Morgan fingerprint density at radius 1 is 1.64 bits per heavy atom. The highest BCUT2D eigenvalue weighted by molar-refractivity contribution is 7.86. The van der Waals surface area contributed by atoms with Crippen LogP contribution in [0.3, 0.4) is 0 Å². The lowest BCUT2D eigenvalue weighted by molar-refractivity contribution is -0.113. The summed E-state index contributed by atoms with van der Waals surface area (Å²) in [6.45, 7) is 4.15. The van der Waals surface area contributed by atoms with Crippen molar-refractivity contribution in [1.29, 1.82) is 0 Å². The minimum Gasteiger partial charge on any atom is -0.395 e. The number of rotatable bonds is 4. The van der Waals surface area contributed by atoms with Gasteiger partial charge in [0.2, 0.25) is 5.91 Å². The topological polar surface area (TPSA) is 118 Å². The number of amides is 1. The molecule has 0 saturated heterocycles. The van der Waals surface area contributed by atoms with Crippen LogP contribution in [0.5, 0.6) is 0 Å². The van der Waals surface area contributed by atoms with Crippen molar-refractivity contribution in [3.8, 4) is 0 Å². The second-order valence-corrected chi connectivity index (χ2v) is 4.03. The Labute approximate surface area is 83.2 Å². The van der Waals surface area contributed by atoms with Gasteiger partial charge in [-0.15, -0.1) is 0 Å². The summed E-state index contributed by atoms with van der Waals surface area (Å²) in [5, 5.41) is 7.31. The molecular weight excluding hydrogens is 210 g/mol. The Hall–Kier alpha value is -0.920. The summed E-state index contributed by atoms with van der Waals surface area (Å²) in [5.74, 6) is -0.481. The van der Waals surface area contributed by atoms with Gasteiger partial charge in [-0.2, -0.15) is 8.42 Å². The molecule has 0 heterocycles. The van der Waals surface area contributed by atoms with Crippen molar-refractivity contribution in [3.63, 3.8) is 0 Å². The second-order valence-electron chi connectivity index (χ2n) is 2.33. The fourth-order valence-electron chi connectivity index (χ4n) is 0.434. The van der Waals surface area contributed by atoms with Crippen molar-refractivity contribution in [2.75, 3.05) is 6.61 Å². The number of aliphatic hydroxyl groups is 1. The van der Waals surface area contributed by atoms with E-state index in [0.717, 1.165) is 6.08 Å². The molecule has 1 amide bonds. The average Bonchev–Trinajstić information content (AvgIpc) is 2.05. The maximum absolute atomic E-state index is 10.2. The molecule has 0 aliphatic heterocycles. The van der Waals surface area contributed by atoms with E-state index in [4.69, 9.17) is 9.66 Å². The van der Waals surface area contributed by atoms with E-state index in [-0.39, 0.29) is 6.42 Å². The third-order valence-corrected chi connectivity index (χ3v) is 2.61. The van der Waals surface area contributed by atoms with Crippen LogP contribution in [0.15, 0.2) is 12.7 Å². The van der Waals surface area contributed by atoms with Gasteiger partial charge >= 0.3 is 0 Å². The normalized spacial score (nSPS) is 12.2. The number of hydrogen-bond donors (Lipinski definition) is 3. The Morgan fingerprint density at radius 3 is 2.00 bits per heavy atom. The van der Waals surface area contributed by atoms with Crippen LogP contribution in [0.2, 0.25) is 0 Å². The lowest BCUT2D eigenvalue weighted by Crippen LogP contribution is -2.23. The summed E-state index contributed by atoms with van der Waals surface area (Å²) in [4.78, 5) is 9.47. The highest BCUT2D eigenvalue weighted by Crippen LogP contribution is 2.00. The zero-order chi connectivity index (χ0) is 11.8. The van der Waals surface area contributed by atoms with E-state index in [9.17, 15) is 13.2 Å². The van der Waals surface area contributed by atoms with Crippen LogP contribution in [0, 0.1) is 0 Å². The summed E-state index contributed by atoms with van der Waals surface area (Å²) in [6, 6.07) is 0. The monoisotopic (exact) mass is 225 g/mol. The number of carbonyl (C=O) groups excluding carboxylic acids is 1. The van der Waals surface area contributed by atoms with Crippen molar-refractivity contribution in [1.82, 2.24) is 0 Å². The molecule has 0 radical (unpaired) electrons. The lowest BCUT2D eigenvalue weighted by Gasteiger charge is -2.05. The Morgan fingerprint density at radius 2 is 2.00 bits per heavy atom. The highest BCUT2D eigenvalue weighted by atomic mass is 32.2. The molecule has 1 atom stereocenters. The standard InChI is InChI=1S/C4H10O4S.C3H5NO/c1-2-4(3-5)9(6,7)8;1-2-3(4)5/h4-5H,2-3H2,1H3,(H,6,7,8);2H,1H2,(H2,4,5). The predicted molar refractivity (Wildman–Crippen MR) is 52.1 cm³/mol. The SMILES string of the molecule is C=CC(N)=O.CCC(CO)S(=O)(=O)O. The van der Waals surface area contributed by atoms with Crippen LogP contribution in [0.4, 0.5) is 0 Å². The van der Waals surface area contributed by atoms with Crippen LogP contribution in [-0.2, 0) is 14.9 Å². The average molecular weight is 225 g/mol. The summed E-state index contributed by atoms with van der Waals surface area (Å²) in [5.41, 5.74) is 4.53. The summed E-state index contributed by atoms with van der Waals surface area (Å²) in [6.07, 6.45) is 1.29. The third-order valence-electron chi connectivity index (χ3n) is 1.28. The van der Waals surface area contributed by atoms with Gasteiger partial charge in [-0.3, -0.25) is 9.35 Å². The van der Waals surface area contributed by atoms with Gasteiger partial charge in [0.1, 0.15) is 5.25 Å². The number of primary amides is 1. The molecule has 0 aromatic heterocycles. The molecule has 14 heavy (non-hydrogen) atoms. The molecule has 0 rings (SSSR count). The molecule has 0 spiro atoms. The van der Waals surface area contributed by atoms with Gasteiger partial charge in [-0.05, 0) is 12.5 Å². The van der Waals surface area contributed by atoms with Crippen molar-refractivity contribution in [2.24, 2.45) is 5.73 Å². The molecule has 7 heteroatoms. The number of aliphatic hydroxyl groups excluding tert-OH is 1. The van der Waals surface area contributed by atoms with Gasteiger partial charge < -0.3 is 10.8 Å². The molecule has 0 aliphatic rings. The minimum absolute atomic E-state index is 0.231. The van der Waals surface area contributed by atoms with Gasteiger partial charge in [-0.25, -0.2) is 0 Å². The first-order valence-corrected chi connectivity index (χ1v) is 5.28. The molecule has 0 aromatic rings. The van der Waals surface area contributed by atoms with Crippen LogP contribution >= 0.6 is 0 Å². The Balaban J connectivity index is 0. The van der Waals surface area contributed by atoms with Crippen molar-refractivity contribution >= 4 is 16.0 Å². The van der Waals surface area contributed by atoms with Crippen molar-refractivity contribution < 1.29 is 22.9 Å². The van der Waals surface area contributed by atoms with Crippen LogP contribution < -0.4 is 5.73 Å². The zero-order valence-corrected chi connectivity index (χ0v) is 8.70. The predicted octanol–water partition coefficient (Wildman–Crippen LogP) is -0.697. The van der Waals surface area contributed by atoms with Gasteiger partial charge in [0.05, 0.1) is 6.61 Å². The molecule has 0 saturated carbocycles. The van der Waals surface area contributed by atoms with Crippen LogP contribution in [0.25, 0.3) is 0 Å². The quantitative estimate of drug-likeness (QED) is 0.432. The van der Waals surface area contributed by atoms with E-state index in [1.807, 2.05) is 0 Å². The van der Waals surface area contributed by atoms with Crippen LogP contribution in [0.1, 0.15) is 13.3 Å². The van der Waals surface area contributed by atoms with E-state index in [0.29, 0.717) is 0 Å². The van der Waals surface area contributed by atoms with E-state index >= 15 is 0 Å². The van der Waals surface area contributed by atoms with E-state index in [1.165, 1.54) is 0 Å². The Kier molecular flexibility index (Phi) is 8.31. The highest BCUT2D eigenvalue weighted by Gasteiger charge is 2.18. The first kappa shape index (κ1) is 15.5. The smallest absolute Gasteiger partial charge is 0.270 e. The minimum atomic E-state index is -4.02. The maximum atomic E-state index is 10.2. The number of carbonyl (C=O) groups is 1. The molecule has 0 aliphatic carbocycles. The molecule has 4 N–H and O–H groups in total. The molecule has 0 aromatic carbocycles. The first-order chi connectivity index (χ1) is 6.29. The van der Waals surface area contributed by atoms with E-state index in [1.54, 1.807) is 6.92 Å². The fraction of sp³-hybridized carbons (Fsp3) is 0.571. The van der Waals surface area contributed by atoms with Gasteiger partial charge in [0.15, 0.2) is 0 Å². The van der Waals surface area contributed by atoms with E-state index < -0.39 is 27.9 Å². The summed E-state index contributed by atoms with van der Waals surface area (Å²) >= 11 is 0. The largest absolute Gasteiger partial charge is 0.395 e. The Bertz CT molecular complexity index is 268. The molecule has 0 fully saturated rings. The zero-order valence-electron chi connectivity index (χ0n) is 7.88. The second kappa shape index (κ2) is 7.48. The molecular formula is C7H15NO5S. The first-order valence-electron chi connectivity index (χ1n) is 3.78. The summed E-state index contributed by atoms with van der Waals surface area (Å²) < 4.78 is 28.7. The van der Waals surface area contributed by atoms with Gasteiger partial charge in [-0.1, -0.05) is 13.5 Å². The molecule has 1 unspecified atom stereocenters. The van der Waals surface area contributed by atoms with Gasteiger partial charge in [0, 0.05) is 0 Å². The molecule has 6 nitrogen and oxygen atoms in total. The van der Waals surface area contributed by atoms with E-state index in [2.05, 4.69) is 12.3 Å². The van der Waals surface area contributed by atoms with Crippen molar-refractivity contribution in [3.05, 3.63) is 12.7 Å². The summed E-state index contributed by atoms with van der Waals surface area (Å²) in [7, 11) is -4.02. The number of hydrogen-bond acceptors (Lipinski definition) is 4. The fourth-order valence-corrected chi connectivity index (χ4v) is 1.04. The molecule has 0 bridgehead atoms.